The van der Waals surface area contributed by atoms with Gasteiger partial charge in [0, 0.05) is 25.9 Å². The SMILES string of the molecule is CC=CC(=O)OCCOCCCOCCCC(O[Si](C)(C)C)O[Si](C)(C)C. The minimum atomic E-state index is -1.62. The van der Waals surface area contributed by atoms with Gasteiger partial charge in [-0.3, -0.25) is 0 Å². The summed E-state index contributed by atoms with van der Waals surface area (Å²) in [6.07, 6.45) is 5.53. The van der Waals surface area contributed by atoms with E-state index < -0.39 is 16.6 Å². The van der Waals surface area contributed by atoms with Crippen LogP contribution in [0.3, 0.4) is 0 Å². The van der Waals surface area contributed by atoms with Crippen LogP contribution in [0.5, 0.6) is 0 Å². The predicted octanol–water partition coefficient (Wildman–Crippen LogP) is 4.34. The molecular weight excluding hydrogens is 380 g/mol. The average molecular weight is 421 g/mol. The molecule has 0 N–H and O–H groups in total. The summed E-state index contributed by atoms with van der Waals surface area (Å²) >= 11 is 0. The van der Waals surface area contributed by atoms with Crippen molar-refractivity contribution in [3.63, 3.8) is 0 Å². The van der Waals surface area contributed by atoms with Crippen molar-refractivity contribution in [3.05, 3.63) is 12.2 Å². The maximum atomic E-state index is 11.1. The Labute approximate surface area is 167 Å². The summed E-state index contributed by atoms with van der Waals surface area (Å²) in [7, 11) is -3.25. The van der Waals surface area contributed by atoms with Crippen LogP contribution in [0.1, 0.15) is 26.2 Å². The fraction of sp³-hybridized carbons (Fsp3) is 0.842. The smallest absolute Gasteiger partial charge is 0.330 e. The Balaban J connectivity index is 3.68. The van der Waals surface area contributed by atoms with Gasteiger partial charge in [-0.15, -0.1) is 0 Å². The van der Waals surface area contributed by atoms with Crippen LogP contribution in [-0.2, 0) is 27.9 Å². The highest BCUT2D eigenvalue weighted by Crippen LogP contribution is 2.17. The van der Waals surface area contributed by atoms with Crippen molar-refractivity contribution < 1.29 is 27.9 Å². The molecule has 0 aromatic rings. The minimum absolute atomic E-state index is 0.111. The van der Waals surface area contributed by atoms with E-state index in [2.05, 4.69) is 39.3 Å². The Hall–Kier alpha value is -0.516. The first-order valence-electron chi connectivity index (χ1n) is 9.84. The summed E-state index contributed by atoms with van der Waals surface area (Å²) < 4.78 is 28.3. The Kier molecular flexibility index (Phi) is 14.2. The molecule has 0 aliphatic heterocycles. The maximum absolute atomic E-state index is 11.1. The topological polar surface area (TPSA) is 63.2 Å². The molecule has 0 amide bonds. The van der Waals surface area contributed by atoms with E-state index in [1.165, 1.54) is 6.08 Å². The Bertz CT molecular complexity index is 399. The second-order valence-corrected chi connectivity index (χ2v) is 17.2. The van der Waals surface area contributed by atoms with Crippen molar-refractivity contribution in [3.8, 4) is 0 Å². The largest absolute Gasteiger partial charge is 0.460 e. The number of hydrogen-bond donors (Lipinski definition) is 0. The van der Waals surface area contributed by atoms with Gasteiger partial charge in [0.25, 0.3) is 0 Å². The van der Waals surface area contributed by atoms with Crippen LogP contribution < -0.4 is 0 Å². The van der Waals surface area contributed by atoms with Crippen LogP contribution in [0.15, 0.2) is 12.2 Å². The third-order valence-corrected chi connectivity index (χ3v) is 4.99. The first-order valence-corrected chi connectivity index (χ1v) is 16.7. The minimum Gasteiger partial charge on any atom is -0.460 e. The van der Waals surface area contributed by atoms with Crippen LogP contribution in [-0.4, -0.2) is 61.9 Å². The van der Waals surface area contributed by atoms with Gasteiger partial charge in [-0.2, -0.15) is 0 Å². The van der Waals surface area contributed by atoms with Gasteiger partial charge in [0.05, 0.1) is 6.61 Å². The van der Waals surface area contributed by atoms with Crippen LogP contribution in [0.2, 0.25) is 39.3 Å². The lowest BCUT2D eigenvalue weighted by Gasteiger charge is -2.31. The molecule has 0 spiro atoms. The van der Waals surface area contributed by atoms with Crippen LogP contribution >= 0.6 is 0 Å². The third-order valence-electron chi connectivity index (χ3n) is 3.05. The van der Waals surface area contributed by atoms with Gasteiger partial charge in [-0.25, -0.2) is 4.79 Å². The molecule has 160 valence electrons. The van der Waals surface area contributed by atoms with Gasteiger partial charge in [-0.05, 0) is 65.5 Å². The molecule has 0 aromatic heterocycles. The molecular formula is C19H40O6Si2. The Morgan fingerprint density at radius 2 is 1.33 bits per heavy atom. The fourth-order valence-electron chi connectivity index (χ4n) is 2.14. The number of allylic oxidation sites excluding steroid dienone is 1. The summed E-state index contributed by atoms with van der Waals surface area (Å²) in [4.78, 5) is 11.1. The molecule has 6 nitrogen and oxygen atoms in total. The van der Waals surface area contributed by atoms with Gasteiger partial charge in [0.1, 0.15) is 12.9 Å². The molecule has 0 aromatic carbocycles. The van der Waals surface area contributed by atoms with Crippen molar-refractivity contribution in [1.29, 1.82) is 0 Å². The van der Waals surface area contributed by atoms with E-state index in [4.69, 9.17) is 23.1 Å². The lowest BCUT2D eigenvalue weighted by Crippen LogP contribution is -2.40. The molecule has 0 aliphatic rings. The molecule has 0 fully saturated rings. The predicted molar refractivity (Wildman–Crippen MR) is 114 cm³/mol. The summed E-state index contributed by atoms with van der Waals surface area (Å²) in [6, 6.07) is 0. The van der Waals surface area contributed by atoms with E-state index in [9.17, 15) is 4.79 Å². The second kappa shape index (κ2) is 14.5. The highest BCUT2D eigenvalue weighted by atomic mass is 28.4. The zero-order chi connectivity index (χ0) is 20.8. The molecule has 0 saturated heterocycles. The highest BCUT2D eigenvalue weighted by Gasteiger charge is 2.26. The van der Waals surface area contributed by atoms with E-state index in [0.717, 1.165) is 19.3 Å². The molecule has 0 atom stereocenters. The highest BCUT2D eigenvalue weighted by molar-refractivity contribution is 6.70. The van der Waals surface area contributed by atoms with E-state index in [0.29, 0.717) is 26.4 Å². The lowest BCUT2D eigenvalue weighted by atomic mass is 10.3. The zero-order valence-corrected chi connectivity index (χ0v) is 20.3. The summed E-state index contributed by atoms with van der Waals surface area (Å²) in [6.45, 7) is 17.5. The molecule has 0 heterocycles. The fourth-order valence-corrected chi connectivity index (χ4v) is 4.14. The number of carbonyl (C=O) groups is 1. The van der Waals surface area contributed by atoms with Crippen LogP contribution in [0, 0.1) is 0 Å². The molecule has 0 unspecified atom stereocenters. The molecule has 0 rings (SSSR count). The quantitative estimate of drug-likeness (QED) is 0.122. The number of ether oxygens (including phenoxy) is 3. The van der Waals surface area contributed by atoms with Crippen molar-refractivity contribution in [2.75, 3.05) is 33.0 Å². The van der Waals surface area contributed by atoms with Crippen LogP contribution in [0.4, 0.5) is 0 Å². The first-order chi connectivity index (χ1) is 12.5. The zero-order valence-electron chi connectivity index (χ0n) is 18.3. The second-order valence-electron chi connectivity index (χ2n) is 8.28. The lowest BCUT2D eigenvalue weighted by molar-refractivity contribution is -0.139. The normalized spacial score (nSPS) is 12.9. The van der Waals surface area contributed by atoms with Gasteiger partial charge >= 0.3 is 5.97 Å². The molecule has 27 heavy (non-hydrogen) atoms. The molecule has 0 bridgehead atoms. The van der Waals surface area contributed by atoms with Gasteiger partial charge in [0.15, 0.2) is 16.6 Å². The summed E-state index contributed by atoms with van der Waals surface area (Å²) in [5.74, 6) is -0.334. The van der Waals surface area contributed by atoms with Crippen molar-refractivity contribution >= 4 is 22.6 Å². The summed E-state index contributed by atoms with van der Waals surface area (Å²) in [5.41, 5.74) is 0. The number of esters is 1. The van der Waals surface area contributed by atoms with Crippen LogP contribution in [0.25, 0.3) is 0 Å². The third kappa shape index (κ3) is 20.0. The molecule has 8 heteroatoms. The average Bonchev–Trinajstić information content (AvgIpc) is 2.49. The summed E-state index contributed by atoms with van der Waals surface area (Å²) in [5, 5.41) is 0. The van der Waals surface area contributed by atoms with E-state index in [1.807, 2.05) is 0 Å². The molecule has 0 aliphatic carbocycles. The van der Waals surface area contributed by atoms with Gasteiger partial charge in [-0.1, -0.05) is 6.08 Å². The molecule has 0 saturated carbocycles. The van der Waals surface area contributed by atoms with E-state index >= 15 is 0 Å². The standard InChI is InChI=1S/C19H40O6Si2/c1-8-11-18(20)23-17-16-22-15-10-14-21-13-9-12-19(24-26(2,3)4)25-27(5,6)7/h8,11,19H,9-10,12-17H2,1-7H3. The maximum Gasteiger partial charge on any atom is 0.330 e. The van der Waals surface area contributed by atoms with Gasteiger partial charge in [0.2, 0.25) is 0 Å². The Morgan fingerprint density at radius 1 is 0.815 bits per heavy atom. The number of carbonyl (C=O) groups excluding carboxylic acids is 1. The number of hydrogen-bond acceptors (Lipinski definition) is 6. The Morgan fingerprint density at radius 3 is 1.85 bits per heavy atom. The van der Waals surface area contributed by atoms with E-state index in [1.54, 1.807) is 13.0 Å². The van der Waals surface area contributed by atoms with Crippen molar-refractivity contribution in [2.45, 2.75) is 71.8 Å². The van der Waals surface area contributed by atoms with Gasteiger partial charge < -0.3 is 23.1 Å². The first kappa shape index (κ1) is 26.5. The number of rotatable bonds is 16. The monoisotopic (exact) mass is 420 g/mol. The molecule has 0 radical (unpaired) electrons. The van der Waals surface area contributed by atoms with E-state index in [-0.39, 0.29) is 18.9 Å². The van der Waals surface area contributed by atoms with Crippen molar-refractivity contribution in [1.82, 2.24) is 0 Å². The van der Waals surface area contributed by atoms with Crippen molar-refractivity contribution in [2.24, 2.45) is 0 Å².